The first-order valence-corrected chi connectivity index (χ1v) is 5.56. The van der Waals surface area contributed by atoms with Crippen LogP contribution >= 0.6 is 0 Å². The maximum absolute atomic E-state index is 10.4. The predicted molar refractivity (Wildman–Crippen MR) is 66.4 cm³/mol. The number of hydrogen-bond acceptors (Lipinski definition) is 5. The molecule has 0 heterocycles. The van der Waals surface area contributed by atoms with Gasteiger partial charge < -0.3 is 25.6 Å². The van der Waals surface area contributed by atoms with Crippen molar-refractivity contribution >= 4 is 5.91 Å². The summed E-state index contributed by atoms with van der Waals surface area (Å²) in [5.41, 5.74) is 5.91. The van der Waals surface area contributed by atoms with E-state index >= 15 is 0 Å². The maximum Gasteiger partial charge on any atom is 0.243 e. The van der Waals surface area contributed by atoms with E-state index in [9.17, 15) is 9.90 Å². The van der Waals surface area contributed by atoms with Gasteiger partial charge in [0.2, 0.25) is 5.91 Å². The van der Waals surface area contributed by atoms with Gasteiger partial charge in [0.05, 0.1) is 13.7 Å². The number of carbonyl (C=O) groups is 1. The Morgan fingerprint density at radius 3 is 2.94 bits per heavy atom. The van der Waals surface area contributed by atoms with Crippen LogP contribution in [0.5, 0.6) is 11.5 Å². The van der Waals surface area contributed by atoms with Gasteiger partial charge in [-0.05, 0) is 17.7 Å². The normalized spacial score (nSPS) is 10.3. The molecule has 0 aliphatic heterocycles. The Kier molecular flexibility index (Phi) is 5.96. The van der Waals surface area contributed by atoms with Crippen LogP contribution in [0, 0.1) is 0 Å². The van der Waals surface area contributed by atoms with Crippen molar-refractivity contribution in [3.63, 3.8) is 0 Å². The van der Waals surface area contributed by atoms with Crippen LogP contribution in [0.15, 0.2) is 18.2 Å². The fourth-order valence-corrected chi connectivity index (χ4v) is 1.38. The van der Waals surface area contributed by atoms with Gasteiger partial charge in [0.1, 0.15) is 6.61 Å². The molecular formula is C12H18N2O4. The van der Waals surface area contributed by atoms with E-state index in [1.165, 1.54) is 7.11 Å². The zero-order valence-electron chi connectivity index (χ0n) is 10.3. The Balaban J connectivity index is 2.25. The number of nitrogens with one attached hydrogen (secondary N) is 1. The van der Waals surface area contributed by atoms with Gasteiger partial charge in [-0.25, -0.2) is 0 Å². The molecule has 0 spiro atoms. The third kappa shape index (κ3) is 5.03. The lowest BCUT2D eigenvalue weighted by atomic mass is 10.2. The van der Waals surface area contributed by atoms with Gasteiger partial charge in [0, 0.05) is 13.1 Å². The third-order valence-corrected chi connectivity index (χ3v) is 2.24. The van der Waals surface area contributed by atoms with E-state index in [1.807, 2.05) is 0 Å². The number of carbonyl (C=O) groups excluding carboxylic acids is 1. The van der Waals surface area contributed by atoms with Gasteiger partial charge in [-0.15, -0.1) is 0 Å². The van der Waals surface area contributed by atoms with E-state index in [0.29, 0.717) is 25.4 Å². The summed E-state index contributed by atoms with van der Waals surface area (Å²) in [5.74, 6) is 0.0867. The molecule has 0 aliphatic rings. The topological polar surface area (TPSA) is 93.8 Å². The first-order chi connectivity index (χ1) is 8.63. The largest absolute Gasteiger partial charge is 0.504 e. The van der Waals surface area contributed by atoms with E-state index in [0.717, 1.165) is 5.56 Å². The van der Waals surface area contributed by atoms with Crippen LogP contribution in [0.1, 0.15) is 5.56 Å². The van der Waals surface area contributed by atoms with Gasteiger partial charge in [-0.3, -0.25) is 4.79 Å². The molecule has 6 heteroatoms. The molecule has 0 radical (unpaired) electrons. The van der Waals surface area contributed by atoms with Gasteiger partial charge in [-0.2, -0.15) is 0 Å². The standard InChI is InChI=1S/C12H18N2O4/c1-17-11-6-9(2-3-10(11)15)7-14-4-5-18-8-12(13)16/h2-3,6,14-15H,4-5,7-8H2,1H3,(H2,13,16). The summed E-state index contributed by atoms with van der Waals surface area (Å²) in [4.78, 5) is 10.4. The smallest absolute Gasteiger partial charge is 0.243 e. The Bertz CT molecular complexity index is 396. The zero-order chi connectivity index (χ0) is 13.4. The molecule has 1 amide bonds. The number of amides is 1. The Hall–Kier alpha value is -1.79. The van der Waals surface area contributed by atoms with Crippen LogP contribution in [-0.4, -0.2) is 37.9 Å². The third-order valence-electron chi connectivity index (χ3n) is 2.24. The van der Waals surface area contributed by atoms with Crippen LogP contribution < -0.4 is 15.8 Å². The molecule has 4 N–H and O–H groups in total. The number of benzene rings is 1. The molecule has 0 saturated heterocycles. The summed E-state index contributed by atoms with van der Waals surface area (Å²) in [7, 11) is 1.50. The molecule has 18 heavy (non-hydrogen) atoms. The maximum atomic E-state index is 10.4. The van der Waals surface area contributed by atoms with Crippen molar-refractivity contribution < 1.29 is 19.4 Å². The highest BCUT2D eigenvalue weighted by Gasteiger charge is 2.02. The minimum Gasteiger partial charge on any atom is -0.504 e. The van der Waals surface area contributed by atoms with Gasteiger partial charge in [-0.1, -0.05) is 6.07 Å². The molecule has 0 aliphatic carbocycles. The average Bonchev–Trinajstić information content (AvgIpc) is 2.35. The molecular weight excluding hydrogens is 236 g/mol. The highest BCUT2D eigenvalue weighted by atomic mass is 16.5. The first kappa shape index (κ1) is 14.3. The van der Waals surface area contributed by atoms with Crippen molar-refractivity contribution in [1.82, 2.24) is 5.32 Å². The summed E-state index contributed by atoms with van der Waals surface area (Å²) in [6.45, 7) is 1.58. The van der Waals surface area contributed by atoms with Crippen LogP contribution in [0.4, 0.5) is 0 Å². The Morgan fingerprint density at radius 2 is 2.28 bits per heavy atom. The van der Waals surface area contributed by atoms with Crippen LogP contribution in [-0.2, 0) is 16.1 Å². The lowest BCUT2D eigenvalue weighted by Gasteiger charge is -2.08. The molecule has 0 unspecified atom stereocenters. The van der Waals surface area contributed by atoms with Crippen LogP contribution in [0.3, 0.4) is 0 Å². The number of phenols is 1. The van der Waals surface area contributed by atoms with Gasteiger partial charge in [0.15, 0.2) is 11.5 Å². The second-order valence-electron chi connectivity index (χ2n) is 3.70. The Morgan fingerprint density at radius 1 is 1.50 bits per heavy atom. The monoisotopic (exact) mass is 254 g/mol. The highest BCUT2D eigenvalue weighted by molar-refractivity contribution is 5.74. The number of primary amides is 1. The quantitative estimate of drug-likeness (QED) is 0.567. The summed E-state index contributed by atoms with van der Waals surface area (Å²) in [6, 6.07) is 5.14. The molecule has 0 saturated carbocycles. The van der Waals surface area contributed by atoms with E-state index in [1.54, 1.807) is 18.2 Å². The molecule has 0 atom stereocenters. The van der Waals surface area contributed by atoms with Crippen LogP contribution in [0.25, 0.3) is 0 Å². The zero-order valence-corrected chi connectivity index (χ0v) is 10.3. The summed E-state index contributed by atoms with van der Waals surface area (Å²) in [5, 5.41) is 12.6. The Labute approximate surface area is 106 Å². The van der Waals surface area contributed by atoms with Gasteiger partial charge in [0.25, 0.3) is 0 Å². The van der Waals surface area contributed by atoms with Crippen LogP contribution in [0.2, 0.25) is 0 Å². The molecule has 6 nitrogen and oxygen atoms in total. The summed E-state index contributed by atoms with van der Waals surface area (Å²) < 4.78 is 10.00. The minimum atomic E-state index is -0.474. The second kappa shape index (κ2) is 7.52. The minimum absolute atomic E-state index is 0.0608. The van der Waals surface area contributed by atoms with Crippen molar-refractivity contribution in [2.75, 3.05) is 26.9 Å². The number of phenolic OH excluding ortho intramolecular Hbond substituents is 1. The molecule has 0 aromatic heterocycles. The number of methoxy groups -OCH3 is 1. The summed E-state index contributed by atoms with van der Waals surface area (Å²) in [6.07, 6.45) is 0. The number of rotatable bonds is 8. The molecule has 1 rings (SSSR count). The number of ether oxygens (including phenoxy) is 2. The van der Waals surface area contributed by atoms with Gasteiger partial charge >= 0.3 is 0 Å². The van der Waals surface area contributed by atoms with Crippen molar-refractivity contribution in [3.8, 4) is 11.5 Å². The fraction of sp³-hybridized carbons (Fsp3) is 0.417. The molecule has 1 aromatic carbocycles. The van der Waals surface area contributed by atoms with E-state index in [4.69, 9.17) is 15.2 Å². The molecule has 0 bridgehead atoms. The second-order valence-corrected chi connectivity index (χ2v) is 3.70. The molecule has 1 aromatic rings. The van der Waals surface area contributed by atoms with E-state index in [-0.39, 0.29) is 12.4 Å². The van der Waals surface area contributed by atoms with Crippen molar-refractivity contribution in [1.29, 1.82) is 0 Å². The molecule has 0 fully saturated rings. The van der Waals surface area contributed by atoms with Crippen molar-refractivity contribution in [2.45, 2.75) is 6.54 Å². The van der Waals surface area contributed by atoms with E-state index in [2.05, 4.69) is 5.32 Å². The lowest BCUT2D eigenvalue weighted by molar-refractivity contribution is -0.122. The number of aromatic hydroxyl groups is 1. The highest BCUT2D eigenvalue weighted by Crippen LogP contribution is 2.25. The summed E-state index contributed by atoms with van der Waals surface area (Å²) >= 11 is 0. The lowest BCUT2D eigenvalue weighted by Crippen LogP contribution is -2.23. The predicted octanol–water partition coefficient (Wildman–Crippen LogP) is -0.00770. The number of hydrogen-bond donors (Lipinski definition) is 3. The number of nitrogens with two attached hydrogens (primary N) is 1. The van der Waals surface area contributed by atoms with E-state index < -0.39 is 5.91 Å². The fourth-order valence-electron chi connectivity index (χ4n) is 1.38. The van der Waals surface area contributed by atoms with Crippen molar-refractivity contribution in [2.24, 2.45) is 5.73 Å². The SMILES string of the molecule is COc1cc(CNCCOCC(N)=O)ccc1O. The molecule has 100 valence electrons. The average molecular weight is 254 g/mol. The van der Waals surface area contributed by atoms with Crippen molar-refractivity contribution in [3.05, 3.63) is 23.8 Å². The first-order valence-electron chi connectivity index (χ1n) is 5.56.